The lowest BCUT2D eigenvalue weighted by molar-refractivity contribution is -0.118. The molecule has 2 aliphatic rings. The number of hydrogen-bond donors (Lipinski definition) is 1. The number of carbonyl (C=O) groups excluding carboxylic acids is 2. The van der Waals surface area contributed by atoms with Crippen LogP contribution in [0.25, 0.3) is 10.1 Å². The van der Waals surface area contributed by atoms with Crippen molar-refractivity contribution in [2.75, 3.05) is 30.8 Å². The smallest absolute Gasteiger partial charge is 0.257 e. The summed E-state index contributed by atoms with van der Waals surface area (Å²) >= 11 is 7.40. The maximum absolute atomic E-state index is 13.9. The van der Waals surface area contributed by atoms with Crippen molar-refractivity contribution in [1.82, 2.24) is 9.80 Å². The molecule has 0 bridgehead atoms. The van der Waals surface area contributed by atoms with E-state index in [9.17, 15) is 14.0 Å². The molecule has 2 saturated heterocycles. The Labute approximate surface area is 227 Å². The third kappa shape index (κ3) is 6.51. The molecule has 0 spiro atoms. The fourth-order valence-corrected chi connectivity index (χ4v) is 6.48. The first-order valence-corrected chi connectivity index (χ1v) is 14.4. The first kappa shape index (κ1) is 27.6. The van der Waals surface area contributed by atoms with Crippen LogP contribution in [0.3, 0.4) is 0 Å². The molecule has 0 aliphatic carbocycles. The Bertz CT molecular complexity index is 1230. The highest BCUT2D eigenvalue weighted by Gasteiger charge is 2.34. The summed E-state index contributed by atoms with van der Waals surface area (Å²) in [5, 5.41) is 5.59. The van der Waals surface area contributed by atoms with E-state index in [4.69, 9.17) is 11.6 Å². The van der Waals surface area contributed by atoms with Crippen LogP contribution in [0, 0.1) is 12.7 Å². The molecular formula is C29H35ClFN3O2S. The molecule has 3 heterocycles. The number of nitrogens with zero attached hydrogens (tertiary/aromatic N) is 2. The highest BCUT2D eigenvalue weighted by atomic mass is 35.5. The Kier molecular flexibility index (Phi) is 9.57. The lowest BCUT2D eigenvalue weighted by Crippen LogP contribution is -2.40. The van der Waals surface area contributed by atoms with Gasteiger partial charge in [0.15, 0.2) is 0 Å². The van der Waals surface area contributed by atoms with E-state index in [1.807, 2.05) is 48.4 Å². The summed E-state index contributed by atoms with van der Waals surface area (Å²) < 4.78 is 15.0. The van der Waals surface area contributed by atoms with E-state index in [0.717, 1.165) is 35.0 Å². The SMILES string of the molecule is CCc1cc(C)c(NC(=O)c2csc3ccccc23)cc1F.O=CN1CC(N2CCCCC2)CC1CCl. The lowest BCUT2D eigenvalue weighted by atomic mass is 10.1. The standard InChI is InChI=1S/C18H16FNOS.C11H19ClN2O/c1-3-12-8-11(2)16(9-15(12)19)20-18(21)14-10-22-17-7-5-4-6-13(14)17;12-7-10-6-11(8-14(10)9-15)13-4-2-1-3-5-13/h4-10H,3H2,1-2H3,(H,20,21);9-11H,1-8H2. The van der Waals surface area contributed by atoms with Crippen LogP contribution < -0.4 is 5.32 Å². The Morgan fingerprint density at radius 2 is 1.97 bits per heavy atom. The average molecular weight is 544 g/mol. The maximum atomic E-state index is 13.9. The molecule has 2 atom stereocenters. The molecule has 1 N–H and O–H groups in total. The van der Waals surface area contributed by atoms with Gasteiger partial charge in [-0.15, -0.1) is 22.9 Å². The van der Waals surface area contributed by atoms with Crippen LogP contribution in [-0.4, -0.2) is 59.7 Å². The molecule has 0 saturated carbocycles. The molecule has 198 valence electrons. The van der Waals surface area contributed by atoms with Crippen LogP contribution in [0.1, 0.15) is 54.1 Å². The van der Waals surface area contributed by atoms with E-state index >= 15 is 0 Å². The Hall–Kier alpha value is -2.48. The Morgan fingerprint density at radius 1 is 1.22 bits per heavy atom. The van der Waals surface area contributed by atoms with Crippen molar-refractivity contribution in [3.05, 3.63) is 64.3 Å². The number of rotatable bonds is 6. The van der Waals surface area contributed by atoms with Crippen molar-refractivity contribution in [3.63, 3.8) is 0 Å². The number of amides is 2. The molecule has 2 aromatic carbocycles. The number of aryl methyl sites for hydroxylation is 2. The number of likely N-dealkylation sites (tertiary alicyclic amines) is 2. The van der Waals surface area contributed by atoms with Gasteiger partial charge < -0.3 is 10.2 Å². The maximum Gasteiger partial charge on any atom is 0.257 e. The quantitative estimate of drug-likeness (QED) is 0.286. The van der Waals surface area contributed by atoms with E-state index < -0.39 is 0 Å². The van der Waals surface area contributed by atoms with Crippen LogP contribution in [0.4, 0.5) is 10.1 Å². The monoisotopic (exact) mass is 543 g/mol. The minimum atomic E-state index is -0.279. The first-order chi connectivity index (χ1) is 17.9. The molecule has 8 heteroatoms. The van der Waals surface area contributed by atoms with Crippen molar-refractivity contribution >= 4 is 51.0 Å². The minimum Gasteiger partial charge on any atom is -0.339 e. The molecule has 2 unspecified atom stereocenters. The van der Waals surface area contributed by atoms with Gasteiger partial charge in [-0.25, -0.2) is 4.39 Å². The summed E-state index contributed by atoms with van der Waals surface area (Å²) in [5.74, 6) is 0.0890. The highest BCUT2D eigenvalue weighted by Crippen LogP contribution is 2.28. The second kappa shape index (κ2) is 12.9. The van der Waals surface area contributed by atoms with E-state index in [0.29, 0.717) is 35.2 Å². The summed E-state index contributed by atoms with van der Waals surface area (Å²) in [5.41, 5.74) is 2.68. The summed E-state index contributed by atoms with van der Waals surface area (Å²) in [7, 11) is 0. The molecule has 37 heavy (non-hydrogen) atoms. The van der Waals surface area contributed by atoms with Gasteiger partial charge in [0.25, 0.3) is 5.91 Å². The zero-order chi connectivity index (χ0) is 26.4. The van der Waals surface area contributed by atoms with Gasteiger partial charge in [0.2, 0.25) is 6.41 Å². The number of alkyl halides is 1. The largest absolute Gasteiger partial charge is 0.339 e. The molecular weight excluding hydrogens is 509 g/mol. The number of benzene rings is 2. The molecule has 5 rings (SSSR count). The minimum absolute atomic E-state index is 0.204. The Morgan fingerprint density at radius 3 is 2.65 bits per heavy atom. The van der Waals surface area contributed by atoms with Gasteiger partial charge in [0.1, 0.15) is 5.82 Å². The number of nitrogens with one attached hydrogen (secondary N) is 1. The number of piperidine rings is 1. The van der Waals surface area contributed by atoms with E-state index in [1.54, 1.807) is 6.07 Å². The highest BCUT2D eigenvalue weighted by molar-refractivity contribution is 7.17. The van der Waals surface area contributed by atoms with Gasteiger partial charge >= 0.3 is 0 Å². The molecule has 2 amide bonds. The lowest BCUT2D eigenvalue weighted by Gasteiger charge is -2.31. The van der Waals surface area contributed by atoms with Gasteiger partial charge in [-0.2, -0.15) is 0 Å². The third-order valence-electron chi connectivity index (χ3n) is 7.40. The number of hydrogen-bond acceptors (Lipinski definition) is 4. The van der Waals surface area contributed by atoms with Gasteiger partial charge in [-0.05, 0) is 69.0 Å². The van der Waals surface area contributed by atoms with Crippen LogP contribution in [0.15, 0.2) is 41.8 Å². The van der Waals surface area contributed by atoms with Crippen LogP contribution in [0.5, 0.6) is 0 Å². The molecule has 1 aromatic heterocycles. The zero-order valence-corrected chi connectivity index (χ0v) is 23.1. The zero-order valence-electron chi connectivity index (χ0n) is 21.5. The Balaban J connectivity index is 0.000000186. The summed E-state index contributed by atoms with van der Waals surface area (Å²) in [6, 6.07) is 11.8. The molecule has 0 radical (unpaired) electrons. The van der Waals surface area contributed by atoms with E-state index in [1.165, 1.54) is 49.8 Å². The van der Waals surface area contributed by atoms with Crippen molar-refractivity contribution in [2.45, 2.75) is 58.0 Å². The average Bonchev–Trinajstić information content (AvgIpc) is 3.56. The van der Waals surface area contributed by atoms with Crippen LogP contribution >= 0.6 is 22.9 Å². The molecule has 2 aliphatic heterocycles. The van der Waals surface area contributed by atoms with E-state index in [-0.39, 0.29) is 17.8 Å². The predicted molar refractivity (Wildman–Crippen MR) is 151 cm³/mol. The van der Waals surface area contributed by atoms with Crippen LogP contribution in [-0.2, 0) is 11.2 Å². The number of fused-ring (bicyclic) bond motifs is 1. The van der Waals surface area contributed by atoms with Gasteiger partial charge in [0.05, 0.1) is 5.56 Å². The summed E-state index contributed by atoms with van der Waals surface area (Å²) in [6.07, 6.45) is 6.63. The molecule has 3 aromatic rings. The van der Waals surface area contributed by atoms with Crippen molar-refractivity contribution in [2.24, 2.45) is 0 Å². The van der Waals surface area contributed by atoms with Crippen LogP contribution in [0.2, 0.25) is 0 Å². The second-order valence-electron chi connectivity index (χ2n) is 9.81. The van der Waals surface area contributed by atoms with E-state index in [2.05, 4.69) is 10.2 Å². The second-order valence-corrected chi connectivity index (χ2v) is 11.0. The first-order valence-electron chi connectivity index (χ1n) is 13.0. The number of carbonyl (C=O) groups is 2. The predicted octanol–water partition coefficient (Wildman–Crippen LogP) is 6.47. The van der Waals surface area contributed by atoms with Gasteiger partial charge in [-0.3, -0.25) is 14.5 Å². The number of thiophene rings is 1. The van der Waals surface area contributed by atoms with Crippen molar-refractivity contribution in [1.29, 1.82) is 0 Å². The van der Waals surface area contributed by atoms with Gasteiger partial charge in [0, 0.05) is 45.7 Å². The fourth-order valence-electron chi connectivity index (χ4n) is 5.24. The normalized spacial score (nSPS) is 19.9. The molecule has 2 fully saturated rings. The topological polar surface area (TPSA) is 52.7 Å². The molecule has 5 nitrogen and oxygen atoms in total. The van der Waals surface area contributed by atoms with Crippen molar-refractivity contribution in [3.8, 4) is 0 Å². The number of anilines is 1. The van der Waals surface area contributed by atoms with Gasteiger partial charge in [-0.1, -0.05) is 37.6 Å². The fraction of sp³-hybridized carbons (Fsp3) is 0.448. The summed E-state index contributed by atoms with van der Waals surface area (Å²) in [6.45, 7) is 7.06. The summed E-state index contributed by atoms with van der Waals surface area (Å²) in [4.78, 5) is 27.7. The number of halogens is 2. The third-order valence-corrected chi connectivity index (χ3v) is 8.72. The van der Waals surface area contributed by atoms with Crippen molar-refractivity contribution < 1.29 is 14.0 Å².